The van der Waals surface area contributed by atoms with Crippen LogP contribution in [0.2, 0.25) is 0 Å². The number of nitrogens with one attached hydrogen (secondary N) is 1. The van der Waals surface area contributed by atoms with E-state index in [1.165, 1.54) is 19.2 Å². The van der Waals surface area contributed by atoms with E-state index in [0.717, 1.165) is 5.56 Å². The molecule has 0 heterocycles. The van der Waals surface area contributed by atoms with Gasteiger partial charge in [-0.25, -0.2) is 0 Å². The van der Waals surface area contributed by atoms with Crippen molar-refractivity contribution in [3.05, 3.63) is 29.8 Å². The minimum Gasteiger partial charge on any atom is -0.435 e. The lowest BCUT2D eigenvalue weighted by molar-refractivity contribution is -0.133. The summed E-state index contributed by atoms with van der Waals surface area (Å²) in [5.74, 6) is -0.473. The van der Waals surface area contributed by atoms with Gasteiger partial charge in [-0.2, -0.15) is 8.78 Å². The number of halogens is 2. The van der Waals surface area contributed by atoms with Crippen LogP contribution in [-0.2, 0) is 9.53 Å². The standard InChI is InChI=1S/C13H17F2NO4/c1-8(19-7-11(17)12(18)16-2)9-3-5-10(6-4-9)20-13(14)15/h3-6,8,11,13,17H,7H2,1-2H3,(H,16,18). The number of alkyl halides is 2. The normalized spacial score (nSPS) is 13.9. The molecule has 2 atom stereocenters. The summed E-state index contributed by atoms with van der Waals surface area (Å²) in [4.78, 5) is 11.1. The Morgan fingerprint density at radius 3 is 2.45 bits per heavy atom. The fraction of sp³-hybridized carbons (Fsp3) is 0.462. The highest BCUT2D eigenvalue weighted by atomic mass is 19.3. The van der Waals surface area contributed by atoms with Crippen LogP contribution in [0, 0.1) is 0 Å². The van der Waals surface area contributed by atoms with Crippen LogP contribution >= 0.6 is 0 Å². The molecule has 1 rings (SSSR count). The lowest BCUT2D eigenvalue weighted by atomic mass is 10.1. The summed E-state index contributed by atoms with van der Waals surface area (Å²) in [7, 11) is 1.41. The highest BCUT2D eigenvalue weighted by Gasteiger charge is 2.15. The van der Waals surface area contributed by atoms with E-state index in [9.17, 15) is 18.7 Å². The molecule has 0 saturated carbocycles. The van der Waals surface area contributed by atoms with Crippen molar-refractivity contribution in [2.45, 2.75) is 25.7 Å². The minimum absolute atomic E-state index is 0.0568. The fourth-order valence-electron chi connectivity index (χ4n) is 1.49. The first kappa shape index (κ1) is 16.3. The van der Waals surface area contributed by atoms with Gasteiger partial charge in [-0.05, 0) is 24.6 Å². The number of hydrogen-bond acceptors (Lipinski definition) is 4. The van der Waals surface area contributed by atoms with Gasteiger partial charge in [0.15, 0.2) is 6.10 Å². The molecule has 2 unspecified atom stereocenters. The monoisotopic (exact) mass is 289 g/mol. The summed E-state index contributed by atoms with van der Waals surface area (Å²) in [5, 5.41) is 11.7. The van der Waals surface area contributed by atoms with E-state index in [4.69, 9.17) is 4.74 Å². The number of benzene rings is 1. The Morgan fingerprint density at radius 1 is 1.35 bits per heavy atom. The number of rotatable bonds is 7. The average molecular weight is 289 g/mol. The summed E-state index contributed by atoms with van der Waals surface area (Å²) in [6.07, 6.45) is -1.64. The van der Waals surface area contributed by atoms with Gasteiger partial charge in [-0.3, -0.25) is 4.79 Å². The van der Waals surface area contributed by atoms with Crippen molar-refractivity contribution in [1.82, 2.24) is 5.32 Å². The first-order chi connectivity index (χ1) is 9.43. The maximum atomic E-state index is 12.0. The molecule has 0 saturated heterocycles. The van der Waals surface area contributed by atoms with Gasteiger partial charge in [0, 0.05) is 7.05 Å². The van der Waals surface area contributed by atoms with Gasteiger partial charge in [0.1, 0.15) is 5.75 Å². The van der Waals surface area contributed by atoms with Crippen LogP contribution < -0.4 is 10.1 Å². The predicted molar refractivity (Wildman–Crippen MR) is 67.5 cm³/mol. The zero-order valence-electron chi connectivity index (χ0n) is 11.2. The fourth-order valence-corrected chi connectivity index (χ4v) is 1.49. The van der Waals surface area contributed by atoms with Gasteiger partial charge in [-0.1, -0.05) is 12.1 Å². The van der Waals surface area contributed by atoms with E-state index < -0.39 is 24.7 Å². The number of hydrogen-bond donors (Lipinski definition) is 2. The molecule has 7 heteroatoms. The van der Waals surface area contributed by atoms with E-state index in [2.05, 4.69) is 10.1 Å². The van der Waals surface area contributed by atoms with Crippen LogP contribution in [0.1, 0.15) is 18.6 Å². The molecule has 0 fully saturated rings. The van der Waals surface area contributed by atoms with Crippen molar-refractivity contribution < 1.29 is 28.2 Å². The van der Waals surface area contributed by atoms with Crippen molar-refractivity contribution >= 4 is 5.91 Å². The van der Waals surface area contributed by atoms with E-state index in [1.807, 2.05) is 0 Å². The zero-order valence-corrected chi connectivity index (χ0v) is 11.2. The minimum atomic E-state index is -2.86. The maximum Gasteiger partial charge on any atom is 0.387 e. The van der Waals surface area contributed by atoms with Crippen molar-refractivity contribution in [3.8, 4) is 5.75 Å². The number of carbonyl (C=O) groups excluding carboxylic acids is 1. The van der Waals surface area contributed by atoms with Gasteiger partial charge < -0.3 is 19.9 Å². The largest absolute Gasteiger partial charge is 0.435 e. The lowest BCUT2D eigenvalue weighted by Gasteiger charge is -2.16. The number of aliphatic hydroxyl groups is 1. The van der Waals surface area contributed by atoms with E-state index in [0.29, 0.717) is 0 Å². The quantitative estimate of drug-likeness (QED) is 0.797. The molecular formula is C13H17F2NO4. The molecule has 20 heavy (non-hydrogen) atoms. The average Bonchev–Trinajstić information content (AvgIpc) is 2.43. The molecule has 0 radical (unpaired) electrons. The third-order valence-corrected chi connectivity index (χ3v) is 2.63. The molecule has 0 aromatic heterocycles. The summed E-state index contributed by atoms with van der Waals surface area (Å²) in [5.41, 5.74) is 0.718. The number of aliphatic hydroxyl groups excluding tert-OH is 1. The number of likely N-dealkylation sites (N-methyl/N-ethyl adjacent to an activating group) is 1. The number of carbonyl (C=O) groups is 1. The van der Waals surface area contributed by atoms with Gasteiger partial charge in [0.25, 0.3) is 5.91 Å². The SMILES string of the molecule is CNC(=O)C(O)COC(C)c1ccc(OC(F)F)cc1. The molecule has 0 bridgehead atoms. The molecule has 0 spiro atoms. The van der Waals surface area contributed by atoms with Gasteiger partial charge in [-0.15, -0.1) is 0 Å². The summed E-state index contributed by atoms with van der Waals surface area (Å²) in [6.45, 7) is -1.30. The van der Waals surface area contributed by atoms with Crippen LogP contribution in [0.4, 0.5) is 8.78 Å². The molecule has 1 aromatic rings. The summed E-state index contributed by atoms with van der Waals surface area (Å²) in [6, 6.07) is 5.95. The Morgan fingerprint density at radius 2 is 1.95 bits per heavy atom. The smallest absolute Gasteiger partial charge is 0.387 e. The lowest BCUT2D eigenvalue weighted by Crippen LogP contribution is -2.35. The third kappa shape index (κ3) is 5.10. The highest BCUT2D eigenvalue weighted by Crippen LogP contribution is 2.21. The Hall–Kier alpha value is -1.73. The van der Waals surface area contributed by atoms with Crippen LogP contribution in [0.25, 0.3) is 0 Å². The topological polar surface area (TPSA) is 67.8 Å². The van der Waals surface area contributed by atoms with Crippen LogP contribution in [0.15, 0.2) is 24.3 Å². The van der Waals surface area contributed by atoms with Crippen LogP contribution in [-0.4, -0.2) is 37.4 Å². The molecule has 1 aromatic carbocycles. The summed E-state index contributed by atoms with van der Waals surface area (Å²) < 4.78 is 33.5. The summed E-state index contributed by atoms with van der Waals surface area (Å²) >= 11 is 0. The predicted octanol–water partition coefficient (Wildman–Crippen LogP) is 1.47. The van der Waals surface area contributed by atoms with Crippen molar-refractivity contribution in [2.75, 3.05) is 13.7 Å². The Balaban J connectivity index is 2.51. The van der Waals surface area contributed by atoms with Crippen LogP contribution in [0.3, 0.4) is 0 Å². The first-order valence-electron chi connectivity index (χ1n) is 6.00. The molecule has 1 amide bonds. The van der Waals surface area contributed by atoms with Crippen molar-refractivity contribution in [3.63, 3.8) is 0 Å². The molecule has 2 N–H and O–H groups in total. The number of ether oxygens (including phenoxy) is 2. The van der Waals surface area contributed by atoms with E-state index in [1.54, 1.807) is 19.1 Å². The Labute approximate surface area is 115 Å². The first-order valence-corrected chi connectivity index (χ1v) is 6.00. The molecule has 0 aliphatic heterocycles. The zero-order chi connectivity index (χ0) is 15.1. The molecule has 0 aliphatic carbocycles. The van der Waals surface area contributed by atoms with E-state index in [-0.39, 0.29) is 12.4 Å². The van der Waals surface area contributed by atoms with Gasteiger partial charge in [0.2, 0.25) is 0 Å². The van der Waals surface area contributed by atoms with Crippen LogP contribution in [0.5, 0.6) is 5.75 Å². The maximum absolute atomic E-state index is 12.0. The third-order valence-electron chi connectivity index (χ3n) is 2.63. The second kappa shape index (κ2) is 7.76. The molecule has 5 nitrogen and oxygen atoms in total. The molecular weight excluding hydrogens is 272 g/mol. The molecule has 0 aliphatic rings. The molecule has 112 valence electrons. The Kier molecular flexibility index (Phi) is 6.33. The van der Waals surface area contributed by atoms with Crippen molar-refractivity contribution in [1.29, 1.82) is 0 Å². The van der Waals surface area contributed by atoms with Gasteiger partial charge in [0.05, 0.1) is 12.7 Å². The number of amides is 1. The second-order valence-electron chi connectivity index (χ2n) is 4.05. The van der Waals surface area contributed by atoms with E-state index >= 15 is 0 Å². The van der Waals surface area contributed by atoms with Crippen molar-refractivity contribution in [2.24, 2.45) is 0 Å². The highest BCUT2D eigenvalue weighted by molar-refractivity contribution is 5.80. The second-order valence-corrected chi connectivity index (χ2v) is 4.05. The Bertz CT molecular complexity index is 425. The van der Waals surface area contributed by atoms with Gasteiger partial charge >= 0.3 is 6.61 Å².